The Bertz CT molecular complexity index is 334. The van der Waals surface area contributed by atoms with Crippen LogP contribution in [0.4, 0.5) is 4.79 Å². The number of amides is 2. The summed E-state index contributed by atoms with van der Waals surface area (Å²) in [5.41, 5.74) is -3.66. The smallest absolute Gasteiger partial charge is 0.364 e. The fourth-order valence-corrected chi connectivity index (χ4v) is 1.84. The first kappa shape index (κ1) is 12.7. The zero-order chi connectivity index (χ0) is 12.7. The molecule has 0 unspecified atom stereocenters. The largest absolute Gasteiger partial charge is 0.465 e. The Hall–Kier alpha value is -1.34. The molecule has 2 atom stereocenters. The van der Waals surface area contributed by atoms with Crippen LogP contribution in [0, 0.1) is 0 Å². The fraction of sp³-hybridized carbons (Fsp3) is 0.778. The summed E-state index contributed by atoms with van der Waals surface area (Å²) in [6, 6.07) is -0.530. The van der Waals surface area contributed by atoms with E-state index in [1.165, 1.54) is 28.1 Å². The SMILES string of the molecule is COC(=O)[C@@]1(O)N(C)C(=O)N(C)[C@]1(C)OC. The van der Waals surface area contributed by atoms with Crippen molar-refractivity contribution in [3.63, 3.8) is 0 Å². The predicted octanol–water partition coefficient (Wildman–Crippen LogP) is -0.792. The number of hydrogen-bond acceptors (Lipinski definition) is 5. The minimum Gasteiger partial charge on any atom is -0.465 e. The van der Waals surface area contributed by atoms with Crippen LogP contribution in [-0.4, -0.2) is 66.7 Å². The summed E-state index contributed by atoms with van der Waals surface area (Å²) < 4.78 is 9.61. The second-order valence-electron chi connectivity index (χ2n) is 3.75. The minimum atomic E-state index is -2.16. The molecule has 1 rings (SSSR count). The van der Waals surface area contributed by atoms with Gasteiger partial charge in [0, 0.05) is 21.2 Å². The van der Waals surface area contributed by atoms with E-state index in [-0.39, 0.29) is 0 Å². The van der Waals surface area contributed by atoms with Crippen LogP contribution >= 0.6 is 0 Å². The molecule has 0 aromatic carbocycles. The third kappa shape index (κ3) is 1.15. The highest BCUT2D eigenvalue weighted by Gasteiger charge is 2.68. The van der Waals surface area contributed by atoms with Gasteiger partial charge in [0.25, 0.3) is 5.72 Å². The van der Waals surface area contributed by atoms with E-state index in [1.54, 1.807) is 0 Å². The standard InChI is InChI=1S/C9H16N2O5/c1-8(16-5)9(14,6(12)15-4)11(3)7(13)10(8)2/h14H,1-5H3/t8-,9+/m1/s1. The topological polar surface area (TPSA) is 79.3 Å². The van der Waals surface area contributed by atoms with Gasteiger partial charge in [-0.15, -0.1) is 0 Å². The van der Waals surface area contributed by atoms with Crippen molar-refractivity contribution < 1.29 is 24.2 Å². The molecule has 16 heavy (non-hydrogen) atoms. The van der Waals surface area contributed by atoms with E-state index in [9.17, 15) is 14.7 Å². The zero-order valence-corrected chi connectivity index (χ0v) is 9.97. The van der Waals surface area contributed by atoms with Gasteiger partial charge in [-0.2, -0.15) is 0 Å². The number of urea groups is 1. The molecule has 1 fully saturated rings. The van der Waals surface area contributed by atoms with Crippen LogP contribution in [0.25, 0.3) is 0 Å². The molecule has 0 radical (unpaired) electrons. The molecule has 7 nitrogen and oxygen atoms in total. The maximum absolute atomic E-state index is 11.7. The Kier molecular flexibility index (Phi) is 2.86. The second kappa shape index (κ2) is 3.60. The normalized spacial score (nSPS) is 34.5. The van der Waals surface area contributed by atoms with Crippen LogP contribution in [0.5, 0.6) is 0 Å². The Morgan fingerprint density at radius 2 is 1.81 bits per heavy atom. The molecule has 92 valence electrons. The van der Waals surface area contributed by atoms with E-state index in [0.717, 1.165) is 16.9 Å². The molecule has 7 heteroatoms. The molecule has 0 aromatic rings. The van der Waals surface area contributed by atoms with Crippen LogP contribution < -0.4 is 0 Å². The van der Waals surface area contributed by atoms with Crippen molar-refractivity contribution in [2.24, 2.45) is 0 Å². The number of carbonyl (C=O) groups is 2. The molecule has 0 aliphatic carbocycles. The lowest BCUT2D eigenvalue weighted by Crippen LogP contribution is -2.65. The molecule has 0 bridgehead atoms. The molecular weight excluding hydrogens is 216 g/mol. The number of esters is 1. The summed E-state index contributed by atoms with van der Waals surface area (Å²) in [5.74, 6) is -0.947. The molecule has 0 saturated carbocycles. The Morgan fingerprint density at radius 3 is 2.19 bits per heavy atom. The van der Waals surface area contributed by atoms with Crippen molar-refractivity contribution >= 4 is 12.0 Å². The summed E-state index contributed by atoms with van der Waals surface area (Å²) >= 11 is 0. The molecule has 2 amide bonds. The highest BCUT2D eigenvalue weighted by atomic mass is 16.6. The maximum Gasteiger partial charge on any atom is 0.364 e. The van der Waals surface area contributed by atoms with E-state index in [4.69, 9.17) is 4.74 Å². The highest BCUT2D eigenvalue weighted by molar-refractivity contribution is 5.91. The summed E-state index contributed by atoms with van der Waals surface area (Å²) in [6.07, 6.45) is 0. The van der Waals surface area contributed by atoms with Crippen molar-refractivity contribution in [3.8, 4) is 0 Å². The Labute approximate surface area is 93.5 Å². The molecule has 1 N–H and O–H groups in total. The van der Waals surface area contributed by atoms with Crippen LogP contribution in [0.15, 0.2) is 0 Å². The first-order valence-corrected chi connectivity index (χ1v) is 4.65. The van der Waals surface area contributed by atoms with Gasteiger partial charge in [-0.1, -0.05) is 0 Å². The van der Waals surface area contributed by atoms with Crippen molar-refractivity contribution in [1.29, 1.82) is 0 Å². The monoisotopic (exact) mass is 232 g/mol. The molecule has 1 heterocycles. The highest BCUT2D eigenvalue weighted by Crippen LogP contribution is 2.39. The van der Waals surface area contributed by atoms with Crippen LogP contribution in [0.3, 0.4) is 0 Å². The lowest BCUT2D eigenvalue weighted by molar-refractivity contribution is -0.237. The number of methoxy groups -OCH3 is 2. The van der Waals surface area contributed by atoms with Crippen molar-refractivity contribution in [3.05, 3.63) is 0 Å². The molecule has 1 aliphatic rings. The van der Waals surface area contributed by atoms with E-state index < -0.39 is 23.5 Å². The number of carbonyl (C=O) groups excluding carboxylic acids is 2. The third-order valence-corrected chi connectivity index (χ3v) is 3.21. The molecule has 0 aromatic heterocycles. The number of hydrogen-bond donors (Lipinski definition) is 1. The number of aliphatic hydroxyl groups is 1. The maximum atomic E-state index is 11.7. The van der Waals surface area contributed by atoms with Gasteiger partial charge in [0.2, 0.25) is 5.72 Å². The van der Waals surface area contributed by atoms with Crippen molar-refractivity contribution in [2.45, 2.75) is 18.4 Å². The molecule has 1 saturated heterocycles. The number of rotatable bonds is 2. The summed E-state index contributed by atoms with van der Waals surface area (Å²) in [7, 11) is 5.17. The second-order valence-corrected chi connectivity index (χ2v) is 3.75. The van der Waals surface area contributed by atoms with Gasteiger partial charge in [-0.05, 0) is 6.92 Å². The van der Waals surface area contributed by atoms with Gasteiger partial charge in [0.15, 0.2) is 0 Å². The lowest BCUT2D eigenvalue weighted by Gasteiger charge is -2.38. The summed E-state index contributed by atoms with van der Waals surface area (Å²) in [4.78, 5) is 25.4. The molecule has 0 spiro atoms. The van der Waals surface area contributed by atoms with Gasteiger partial charge in [-0.25, -0.2) is 9.59 Å². The average molecular weight is 232 g/mol. The van der Waals surface area contributed by atoms with E-state index >= 15 is 0 Å². The number of ether oxygens (including phenoxy) is 2. The Balaban J connectivity index is 3.34. The van der Waals surface area contributed by atoms with Gasteiger partial charge in [0.05, 0.1) is 7.11 Å². The summed E-state index contributed by atoms with van der Waals surface area (Å²) in [6.45, 7) is 1.44. The van der Waals surface area contributed by atoms with Crippen molar-refractivity contribution in [1.82, 2.24) is 9.80 Å². The first-order valence-electron chi connectivity index (χ1n) is 4.65. The minimum absolute atomic E-state index is 0.530. The molecule has 1 aliphatic heterocycles. The number of nitrogens with zero attached hydrogens (tertiary/aromatic N) is 2. The first-order chi connectivity index (χ1) is 7.27. The quantitative estimate of drug-likeness (QED) is 0.631. The predicted molar refractivity (Wildman–Crippen MR) is 53.3 cm³/mol. The van der Waals surface area contributed by atoms with Crippen LogP contribution in [0.2, 0.25) is 0 Å². The average Bonchev–Trinajstić information content (AvgIpc) is 2.43. The van der Waals surface area contributed by atoms with E-state index in [1.807, 2.05) is 0 Å². The van der Waals surface area contributed by atoms with Gasteiger partial charge in [-0.3, -0.25) is 9.80 Å². The van der Waals surface area contributed by atoms with Crippen LogP contribution in [-0.2, 0) is 14.3 Å². The zero-order valence-electron chi connectivity index (χ0n) is 9.97. The van der Waals surface area contributed by atoms with Gasteiger partial charge < -0.3 is 14.6 Å². The fourth-order valence-electron chi connectivity index (χ4n) is 1.84. The molecular formula is C9H16N2O5. The Morgan fingerprint density at radius 1 is 1.31 bits per heavy atom. The summed E-state index contributed by atoms with van der Waals surface area (Å²) in [5, 5.41) is 10.4. The van der Waals surface area contributed by atoms with Gasteiger partial charge in [0.1, 0.15) is 0 Å². The van der Waals surface area contributed by atoms with E-state index in [0.29, 0.717) is 0 Å². The third-order valence-electron chi connectivity index (χ3n) is 3.21. The van der Waals surface area contributed by atoms with Gasteiger partial charge >= 0.3 is 12.0 Å². The van der Waals surface area contributed by atoms with Crippen LogP contribution in [0.1, 0.15) is 6.92 Å². The number of likely N-dealkylation sites (N-methyl/N-ethyl adjacent to an activating group) is 2. The van der Waals surface area contributed by atoms with E-state index in [2.05, 4.69) is 4.74 Å². The van der Waals surface area contributed by atoms with Crippen molar-refractivity contribution in [2.75, 3.05) is 28.3 Å². The lowest BCUT2D eigenvalue weighted by atomic mass is 10.0.